The van der Waals surface area contributed by atoms with E-state index in [9.17, 15) is 14.4 Å². The second-order valence-corrected chi connectivity index (χ2v) is 8.85. The summed E-state index contributed by atoms with van der Waals surface area (Å²) in [6.45, 7) is 2.71. The molecule has 1 saturated heterocycles. The molecular weight excluding hydrogens is 480 g/mol. The molecule has 0 spiro atoms. The van der Waals surface area contributed by atoms with Crippen LogP contribution >= 0.6 is 0 Å². The van der Waals surface area contributed by atoms with E-state index in [0.29, 0.717) is 6.42 Å². The van der Waals surface area contributed by atoms with Crippen LogP contribution in [0.1, 0.15) is 55.6 Å². The molecule has 200 valence electrons. The molecule has 1 aliphatic rings. The lowest BCUT2D eigenvalue weighted by Crippen LogP contribution is -2.43. The molecule has 1 aromatic carbocycles. The summed E-state index contributed by atoms with van der Waals surface area (Å²) in [4.78, 5) is 41.4. The highest BCUT2D eigenvalue weighted by Gasteiger charge is 2.31. The van der Waals surface area contributed by atoms with Gasteiger partial charge in [0.2, 0.25) is 6.79 Å². The van der Waals surface area contributed by atoms with Gasteiger partial charge in [-0.1, -0.05) is 25.0 Å². The predicted octanol–water partition coefficient (Wildman–Crippen LogP) is 3.46. The van der Waals surface area contributed by atoms with Gasteiger partial charge in [-0.15, -0.1) is 0 Å². The van der Waals surface area contributed by atoms with Crippen molar-refractivity contribution in [3.63, 3.8) is 0 Å². The normalized spacial score (nSPS) is 19.9. The van der Waals surface area contributed by atoms with Gasteiger partial charge in [0.1, 0.15) is 17.9 Å². The minimum Gasteiger partial charge on any atom is -0.497 e. The third-order valence-electron chi connectivity index (χ3n) is 6.30. The van der Waals surface area contributed by atoms with Crippen LogP contribution in [0.2, 0.25) is 0 Å². The number of cyclic esters (lactones) is 1. The lowest BCUT2D eigenvalue weighted by Gasteiger charge is -2.25. The molecule has 10 nitrogen and oxygen atoms in total. The maximum atomic E-state index is 13.1. The highest BCUT2D eigenvalue weighted by Crippen LogP contribution is 2.30. The summed E-state index contributed by atoms with van der Waals surface area (Å²) in [7, 11) is 3.04. The minimum atomic E-state index is -0.844. The highest BCUT2D eigenvalue weighted by molar-refractivity contribution is 5.98. The SMILES string of the molecule is COc1ccc(C[C@@H]2CCCC[C@H](NC(=O)c3nccc(OC)c3OCOC(C)=O)C(=O)O[C@H]2C)cc1. The fourth-order valence-electron chi connectivity index (χ4n) is 4.22. The van der Waals surface area contributed by atoms with Crippen molar-refractivity contribution < 1.29 is 38.1 Å². The Balaban J connectivity index is 1.69. The third kappa shape index (κ3) is 7.83. The van der Waals surface area contributed by atoms with Crippen molar-refractivity contribution in [1.29, 1.82) is 0 Å². The zero-order valence-corrected chi connectivity index (χ0v) is 21.7. The summed E-state index contributed by atoms with van der Waals surface area (Å²) in [5, 5.41) is 2.74. The third-order valence-corrected chi connectivity index (χ3v) is 6.30. The van der Waals surface area contributed by atoms with Crippen molar-refractivity contribution in [3.8, 4) is 17.2 Å². The molecule has 1 fully saturated rings. The van der Waals surface area contributed by atoms with Crippen LogP contribution in [0.15, 0.2) is 36.5 Å². The smallest absolute Gasteiger partial charge is 0.328 e. The van der Waals surface area contributed by atoms with Gasteiger partial charge in [0.15, 0.2) is 17.2 Å². The Morgan fingerprint density at radius 3 is 2.49 bits per heavy atom. The first-order valence-corrected chi connectivity index (χ1v) is 12.3. The Hall–Kier alpha value is -3.82. The molecule has 37 heavy (non-hydrogen) atoms. The van der Waals surface area contributed by atoms with E-state index in [-0.39, 0.29) is 29.2 Å². The van der Waals surface area contributed by atoms with Crippen LogP contribution in [0.3, 0.4) is 0 Å². The van der Waals surface area contributed by atoms with Crippen LogP contribution in [0.5, 0.6) is 17.2 Å². The molecule has 10 heteroatoms. The van der Waals surface area contributed by atoms with Gasteiger partial charge in [-0.25, -0.2) is 9.78 Å². The quantitative estimate of drug-likeness (QED) is 0.396. The molecule has 0 radical (unpaired) electrons. The predicted molar refractivity (Wildman–Crippen MR) is 134 cm³/mol. The Morgan fingerprint density at radius 2 is 1.81 bits per heavy atom. The first kappa shape index (κ1) is 27.8. The highest BCUT2D eigenvalue weighted by atomic mass is 16.7. The number of pyridine rings is 1. The Bertz CT molecular complexity index is 1070. The van der Waals surface area contributed by atoms with Crippen molar-refractivity contribution in [2.24, 2.45) is 5.92 Å². The number of aromatic nitrogens is 1. The molecule has 3 atom stereocenters. The first-order valence-electron chi connectivity index (χ1n) is 12.3. The molecule has 0 bridgehead atoms. The number of methoxy groups -OCH3 is 2. The molecule has 2 aromatic rings. The standard InChI is InChI=1S/C27H34N2O8/c1-17-20(15-19-9-11-21(33-3)12-10-19)7-5-6-8-22(27(32)37-17)29-26(31)24-25(36-16-35-18(2)30)23(34-4)13-14-28-24/h9-14,17,20,22H,5-8,15-16H2,1-4H3,(H,29,31)/t17-,20-,22-/m0/s1. The zero-order valence-electron chi connectivity index (χ0n) is 21.7. The van der Waals surface area contributed by atoms with Crippen LogP contribution in [-0.2, 0) is 25.5 Å². The fourth-order valence-corrected chi connectivity index (χ4v) is 4.22. The van der Waals surface area contributed by atoms with E-state index >= 15 is 0 Å². The van der Waals surface area contributed by atoms with Crippen molar-refractivity contribution in [1.82, 2.24) is 10.3 Å². The van der Waals surface area contributed by atoms with Crippen molar-refractivity contribution in [2.75, 3.05) is 21.0 Å². The number of benzene rings is 1. The van der Waals surface area contributed by atoms with Crippen molar-refractivity contribution in [2.45, 2.75) is 58.1 Å². The fraction of sp³-hybridized carbons (Fsp3) is 0.481. The molecule has 3 rings (SSSR count). The van der Waals surface area contributed by atoms with E-state index in [1.807, 2.05) is 31.2 Å². The topological polar surface area (TPSA) is 122 Å². The number of rotatable bonds is 9. The number of nitrogens with one attached hydrogen (secondary N) is 1. The number of carbonyl (C=O) groups is 3. The molecule has 0 saturated carbocycles. The van der Waals surface area contributed by atoms with E-state index in [4.69, 9.17) is 23.7 Å². The summed E-state index contributed by atoms with van der Waals surface area (Å²) >= 11 is 0. The number of hydrogen-bond acceptors (Lipinski definition) is 9. The van der Waals surface area contributed by atoms with Crippen LogP contribution in [0.4, 0.5) is 0 Å². The van der Waals surface area contributed by atoms with E-state index in [0.717, 1.165) is 37.0 Å². The number of hydrogen-bond donors (Lipinski definition) is 1. The van der Waals surface area contributed by atoms with Gasteiger partial charge in [0, 0.05) is 19.2 Å². The van der Waals surface area contributed by atoms with Crippen molar-refractivity contribution >= 4 is 17.8 Å². The van der Waals surface area contributed by atoms with Crippen LogP contribution < -0.4 is 19.5 Å². The molecule has 0 unspecified atom stereocenters. The molecule has 1 aliphatic heterocycles. The second kappa shape index (κ2) is 13.5. The summed E-state index contributed by atoms with van der Waals surface area (Å²) < 4.78 is 26.6. The van der Waals surface area contributed by atoms with Crippen LogP contribution in [0.25, 0.3) is 0 Å². The van der Waals surface area contributed by atoms with Crippen LogP contribution in [0, 0.1) is 5.92 Å². The average Bonchev–Trinajstić information content (AvgIpc) is 2.94. The van der Waals surface area contributed by atoms with Gasteiger partial charge in [-0.3, -0.25) is 9.59 Å². The van der Waals surface area contributed by atoms with Gasteiger partial charge in [-0.2, -0.15) is 0 Å². The van der Waals surface area contributed by atoms with Gasteiger partial charge in [0.25, 0.3) is 5.91 Å². The van der Waals surface area contributed by atoms with Crippen molar-refractivity contribution in [3.05, 3.63) is 47.8 Å². The van der Waals surface area contributed by atoms with Gasteiger partial charge < -0.3 is 29.0 Å². The summed E-state index contributed by atoms with van der Waals surface area (Å²) in [6, 6.07) is 8.55. The number of ether oxygens (including phenoxy) is 5. The number of carbonyl (C=O) groups excluding carboxylic acids is 3. The molecule has 1 aromatic heterocycles. The van der Waals surface area contributed by atoms with Gasteiger partial charge >= 0.3 is 11.9 Å². The maximum Gasteiger partial charge on any atom is 0.328 e. The Kier molecular flexibility index (Phi) is 10.1. The van der Waals surface area contributed by atoms with E-state index < -0.39 is 30.7 Å². The second-order valence-electron chi connectivity index (χ2n) is 8.85. The Morgan fingerprint density at radius 1 is 1.08 bits per heavy atom. The van der Waals surface area contributed by atoms with Gasteiger partial charge in [0.05, 0.1) is 14.2 Å². The average molecular weight is 515 g/mol. The van der Waals surface area contributed by atoms with E-state index in [2.05, 4.69) is 10.3 Å². The van der Waals surface area contributed by atoms with E-state index in [1.54, 1.807) is 7.11 Å². The summed E-state index contributed by atoms with van der Waals surface area (Å²) in [5.41, 5.74) is 1.05. The number of esters is 2. The van der Waals surface area contributed by atoms with Crippen LogP contribution in [-0.4, -0.2) is 56.0 Å². The lowest BCUT2D eigenvalue weighted by atomic mass is 9.90. The first-order chi connectivity index (χ1) is 17.8. The molecular formula is C27H34N2O8. The van der Waals surface area contributed by atoms with E-state index in [1.165, 1.54) is 26.3 Å². The molecule has 0 aliphatic carbocycles. The molecule has 2 heterocycles. The largest absolute Gasteiger partial charge is 0.497 e. The molecule has 1 N–H and O–H groups in total. The van der Waals surface area contributed by atoms with Gasteiger partial charge in [-0.05, 0) is 49.8 Å². The summed E-state index contributed by atoms with van der Waals surface area (Å²) in [6.07, 6.45) is 4.79. The zero-order chi connectivity index (χ0) is 26.8. The molecule has 1 amide bonds. The minimum absolute atomic E-state index is 0.00751. The number of nitrogens with zero attached hydrogens (tertiary/aromatic N) is 1. The lowest BCUT2D eigenvalue weighted by molar-refractivity contribution is -0.153. The monoisotopic (exact) mass is 514 g/mol. The number of amides is 1. The maximum absolute atomic E-state index is 13.1. The summed E-state index contributed by atoms with van der Waals surface area (Å²) in [5.74, 6) is -0.475. The Labute approximate surface area is 216 Å².